The molecule has 4 aliphatic heterocycles. The van der Waals surface area contributed by atoms with Gasteiger partial charge in [0.15, 0.2) is 12.6 Å². The molecule has 0 saturated carbocycles. The largest absolute Gasteiger partial charge is 0.388 e. The maximum Gasteiger partial charge on any atom is 0.220 e. The van der Waals surface area contributed by atoms with Crippen molar-refractivity contribution < 1.29 is 101 Å². The number of nitrogens with one attached hydrogen (secondary N) is 3. The Hall–Kier alpha value is -4.07. The lowest BCUT2D eigenvalue weighted by Gasteiger charge is -2.42. The average Bonchev–Trinajstić information content (AvgIpc) is 4.33. The average molecular weight is 1120 g/mol. The van der Waals surface area contributed by atoms with E-state index in [1.807, 2.05) is 0 Å². The number of nitrogens with two attached hydrogens (primary N) is 1. The van der Waals surface area contributed by atoms with Crippen molar-refractivity contribution in [3.8, 4) is 0 Å². The molecule has 4 bridgehead atoms. The van der Waals surface area contributed by atoms with Crippen LogP contribution in [0, 0.1) is 0 Å². The first-order valence-corrected chi connectivity index (χ1v) is 26.2. The Kier molecular flexibility index (Phi) is 27.2. The molecule has 6 heterocycles. The third-order valence-corrected chi connectivity index (χ3v) is 12.6. The second kappa shape index (κ2) is 33.6. The van der Waals surface area contributed by atoms with E-state index in [4.69, 9.17) is 72.0 Å². The van der Waals surface area contributed by atoms with Gasteiger partial charge < -0.3 is 108 Å². The molecule has 2 aromatic rings. The Labute approximate surface area is 451 Å². The molecule has 9 N–H and O–H groups in total. The maximum absolute atomic E-state index is 12.6. The standard InChI is InChI=1S/C47H80N10O21/c1-32(58)49-38-40(61)42(63)46(30-75-44(38)77-46)28-71-20-18-69-16-14-67-12-10-65-8-6-56-22-34(52-54-56)24-73-26-36(51-37(60)4-3-5-48)27-74-25-35-23-57(55-53-35)7-9-66-11-13-68-15-17-70-19-21-72-29-47-31-76-45(78-47)39(50-33(2)59)41(62)43(47)64/h22-23,36,38-45,61-64H,3-21,24-31,48H2,1-2H3,(H,49,58)(H,50,59)(H,51,60)/t38-,39-,40-,41-,42-,43-,44+,45+,46+,47+/m1/s1. The lowest BCUT2D eigenvalue weighted by Crippen LogP contribution is -2.66. The highest BCUT2D eigenvalue weighted by Crippen LogP contribution is 2.38. The first kappa shape index (κ1) is 63.1. The molecule has 0 unspecified atom stereocenters. The van der Waals surface area contributed by atoms with Gasteiger partial charge in [-0.05, 0) is 13.0 Å². The van der Waals surface area contributed by atoms with Gasteiger partial charge in [-0.2, -0.15) is 0 Å². The molecule has 0 radical (unpaired) electrons. The van der Waals surface area contributed by atoms with Crippen molar-refractivity contribution in [2.24, 2.45) is 5.73 Å². The third-order valence-electron chi connectivity index (χ3n) is 12.6. The summed E-state index contributed by atoms with van der Waals surface area (Å²) in [4.78, 5) is 35.5. The normalized spacial score (nSPS) is 26.8. The van der Waals surface area contributed by atoms with Crippen LogP contribution in [0.4, 0.5) is 0 Å². The van der Waals surface area contributed by atoms with Crippen molar-refractivity contribution in [2.75, 3.05) is 139 Å². The number of aromatic nitrogens is 6. The van der Waals surface area contributed by atoms with Gasteiger partial charge in [0, 0.05) is 20.3 Å². The van der Waals surface area contributed by atoms with Gasteiger partial charge in [0.2, 0.25) is 17.7 Å². The summed E-state index contributed by atoms with van der Waals surface area (Å²) in [5, 5.41) is 66.9. The molecule has 444 valence electrons. The quantitative estimate of drug-likeness (QED) is 0.0288. The van der Waals surface area contributed by atoms with Crippen molar-refractivity contribution in [1.29, 1.82) is 0 Å². The van der Waals surface area contributed by atoms with Crippen molar-refractivity contribution in [3.63, 3.8) is 0 Å². The Morgan fingerprint density at radius 2 is 1.00 bits per heavy atom. The van der Waals surface area contributed by atoms with Gasteiger partial charge in [-0.25, -0.2) is 9.36 Å². The van der Waals surface area contributed by atoms with Gasteiger partial charge in [0.25, 0.3) is 0 Å². The molecular weight excluding hydrogens is 1040 g/mol. The fraction of sp³-hybridized carbons (Fsp3) is 0.851. The van der Waals surface area contributed by atoms with Gasteiger partial charge in [0.1, 0.15) is 59.1 Å². The molecular formula is C47H80N10O21. The van der Waals surface area contributed by atoms with Crippen molar-refractivity contribution in [1.82, 2.24) is 45.9 Å². The van der Waals surface area contributed by atoms with E-state index in [0.717, 1.165) is 0 Å². The Morgan fingerprint density at radius 1 is 0.615 bits per heavy atom. The van der Waals surface area contributed by atoms with E-state index in [-0.39, 0.29) is 103 Å². The number of carbonyl (C=O) groups is 3. The van der Waals surface area contributed by atoms with Crippen LogP contribution in [0.2, 0.25) is 0 Å². The van der Waals surface area contributed by atoms with E-state index in [2.05, 4.69) is 36.6 Å². The minimum Gasteiger partial charge on any atom is -0.388 e. The molecule has 0 aliphatic carbocycles. The van der Waals surface area contributed by atoms with Gasteiger partial charge in [-0.3, -0.25) is 14.4 Å². The molecule has 0 spiro atoms. The molecule has 3 amide bonds. The molecule has 6 rings (SSSR count). The van der Waals surface area contributed by atoms with Gasteiger partial charge >= 0.3 is 0 Å². The summed E-state index contributed by atoms with van der Waals surface area (Å²) in [6, 6.07) is -2.21. The van der Waals surface area contributed by atoms with Crippen LogP contribution in [-0.2, 0) is 107 Å². The van der Waals surface area contributed by atoms with E-state index in [1.165, 1.54) is 13.8 Å². The summed E-state index contributed by atoms with van der Waals surface area (Å²) in [5.74, 6) is -0.911. The Balaban J connectivity index is 0.728. The fourth-order valence-electron chi connectivity index (χ4n) is 8.60. The van der Waals surface area contributed by atoms with Crippen LogP contribution in [0.1, 0.15) is 38.1 Å². The second-order valence-corrected chi connectivity index (χ2v) is 19.0. The van der Waals surface area contributed by atoms with Crippen LogP contribution in [0.25, 0.3) is 0 Å². The minimum absolute atomic E-state index is 0.0145. The molecule has 31 heteroatoms. The highest BCUT2D eigenvalue weighted by atomic mass is 16.8. The number of ether oxygens (including phenoxy) is 14. The SMILES string of the molecule is CC(=O)N[C@H]1[C@H]2OC[C@](COCCOCCOCCOCCn3cc(COCC(COCc4cn(CCOCCOCCOCCOC[C@@]56CO[C@@H](O5)[C@H](NC(C)=O)[C@@H](O)[C@H]6O)nn4)NC(=O)CCCN)nn3)(O2)[C@H](O)[C@@H]1O. The number of carbonyl (C=O) groups excluding carboxylic acids is 3. The van der Waals surface area contributed by atoms with Crippen molar-refractivity contribution >= 4 is 17.7 Å². The van der Waals surface area contributed by atoms with Crippen LogP contribution >= 0.6 is 0 Å². The number of fused-ring (bicyclic) bond motifs is 4. The van der Waals surface area contributed by atoms with E-state index >= 15 is 0 Å². The number of nitrogens with zero attached hydrogens (tertiary/aromatic N) is 6. The molecule has 0 aromatic carbocycles. The molecule has 31 nitrogen and oxygen atoms in total. The zero-order chi connectivity index (χ0) is 55.6. The van der Waals surface area contributed by atoms with E-state index < -0.39 is 66.3 Å². The molecule has 4 aliphatic rings. The molecule has 2 aromatic heterocycles. The summed E-state index contributed by atoms with van der Waals surface area (Å²) in [5.41, 5.74) is 4.34. The van der Waals surface area contributed by atoms with E-state index in [0.29, 0.717) is 104 Å². The highest BCUT2D eigenvalue weighted by Gasteiger charge is 2.60. The number of amides is 3. The first-order valence-electron chi connectivity index (χ1n) is 26.2. The van der Waals surface area contributed by atoms with Crippen LogP contribution in [-0.4, -0.2) is 273 Å². The fourth-order valence-corrected chi connectivity index (χ4v) is 8.60. The van der Waals surface area contributed by atoms with Crippen LogP contribution in [0.3, 0.4) is 0 Å². The number of aliphatic hydroxyl groups is 4. The van der Waals surface area contributed by atoms with E-state index in [1.54, 1.807) is 21.8 Å². The lowest BCUT2D eigenvalue weighted by molar-refractivity contribution is -0.238. The number of hydrogen-bond donors (Lipinski definition) is 8. The van der Waals surface area contributed by atoms with Crippen molar-refractivity contribution in [3.05, 3.63) is 23.8 Å². The summed E-state index contributed by atoms with van der Waals surface area (Å²) < 4.78 is 82.7. The zero-order valence-corrected chi connectivity index (χ0v) is 44.4. The first-order chi connectivity index (χ1) is 37.8. The van der Waals surface area contributed by atoms with Crippen LogP contribution in [0.5, 0.6) is 0 Å². The van der Waals surface area contributed by atoms with Gasteiger partial charge in [-0.15, -0.1) is 10.2 Å². The topological polar surface area (TPSA) is 385 Å². The summed E-state index contributed by atoms with van der Waals surface area (Å²) >= 11 is 0. The van der Waals surface area contributed by atoms with Gasteiger partial charge in [0.05, 0.1) is 177 Å². The smallest absolute Gasteiger partial charge is 0.220 e. The van der Waals surface area contributed by atoms with Crippen LogP contribution in [0.15, 0.2) is 12.4 Å². The Bertz CT molecular complexity index is 1920. The van der Waals surface area contributed by atoms with E-state index in [9.17, 15) is 34.8 Å². The molecule has 78 heavy (non-hydrogen) atoms. The predicted molar refractivity (Wildman–Crippen MR) is 262 cm³/mol. The molecule has 4 fully saturated rings. The van der Waals surface area contributed by atoms with Crippen molar-refractivity contribution in [2.45, 2.75) is 119 Å². The Morgan fingerprint density at radius 3 is 1.38 bits per heavy atom. The minimum atomic E-state index is -1.31. The molecule has 10 atom stereocenters. The summed E-state index contributed by atoms with van der Waals surface area (Å²) in [6.07, 6.45) is -2.58. The summed E-state index contributed by atoms with van der Waals surface area (Å²) in [6.45, 7) is 9.13. The third kappa shape index (κ3) is 20.2. The lowest BCUT2D eigenvalue weighted by atomic mass is 9.88. The van der Waals surface area contributed by atoms with Crippen LogP contribution < -0.4 is 21.7 Å². The number of aliphatic hydroxyl groups excluding tert-OH is 4. The zero-order valence-electron chi connectivity index (χ0n) is 44.4. The summed E-state index contributed by atoms with van der Waals surface area (Å²) in [7, 11) is 0. The molecule has 4 saturated heterocycles. The number of hydrogen-bond acceptors (Lipinski definition) is 26. The monoisotopic (exact) mass is 1120 g/mol. The second-order valence-electron chi connectivity index (χ2n) is 19.0. The predicted octanol–water partition coefficient (Wildman–Crippen LogP) is -5.34. The highest BCUT2D eigenvalue weighted by molar-refractivity contribution is 5.76. The number of rotatable bonds is 42. The maximum atomic E-state index is 12.6. The van der Waals surface area contributed by atoms with Gasteiger partial charge in [-0.1, -0.05) is 10.4 Å².